The van der Waals surface area contributed by atoms with Gasteiger partial charge in [-0.3, -0.25) is 14.8 Å². The molecular weight excluding hydrogens is 362 g/mol. The predicted octanol–water partition coefficient (Wildman–Crippen LogP) is 4.56. The van der Waals surface area contributed by atoms with Gasteiger partial charge in [-0.15, -0.1) is 0 Å². The predicted molar refractivity (Wildman–Crippen MR) is 113 cm³/mol. The first-order valence-electron chi connectivity index (χ1n) is 10.0. The lowest BCUT2D eigenvalue weighted by molar-refractivity contribution is 0.0760. The lowest BCUT2D eigenvalue weighted by Gasteiger charge is -2.21. The number of pyridine rings is 2. The molecule has 1 aliphatic rings. The van der Waals surface area contributed by atoms with Crippen molar-refractivity contribution in [3.05, 3.63) is 78.2 Å². The largest absolute Gasteiger partial charge is 0.496 e. The van der Waals surface area contributed by atoms with Crippen LogP contribution in [0.15, 0.2) is 67.1 Å². The Morgan fingerprint density at radius 3 is 2.62 bits per heavy atom. The Bertz CT molecular complexity index is 957. The van der Waals surface area contributed by atoms with Crippen molar-refractivity contribution in [2.45, 2.75) is 25.2 Å². The minimum absolute atomic E-state index is 0.0551. The molecule has 0 N–H and O–H groups in total. The molecule has 1 saturated heterocycles. The van der Waals surface area contributed by atoms with Crippen LogP contribution in [0.5, 0.6) is 5.75 Å². The molecule has 1 aliphatic heterocycles. The van der Waals surface area contributed by atoms with Crippen LogP contribution in [-0.2, 0) is 0 Å². The highest BCUT2D eigenvalue weighted by molar-refractivity contribution is 5.94. The molecule has 3 heterocycles. The van der Waals surface area contributed by atoms with Crippen molar-refractivity contribution in [1.82, 2.24) is 14.9 Å². The molecule has 29 heavy (non-hydrogen) atoms. The second kappa shape index (κ2) is 8.86. The smallest absolute Gasteiger partial charge is 0.255 e. The molecule has 1 unspecified atom stereocenters. The van der Waals surface area contributed by atoms with E-state index >= 15 is 0 Å². The van der Waals surface area contributed by atoms with Crippen molar-refractivity contribution in [3.63, 3.8) is 0 Å². The zero-order valence-corrected chi connectivity index (χ0v) is 16.6. The van der Waals surface area contributed by atoms with Crippen molar-refractivity contribution in [3.8, 4) is 17.0 Å². The fourth-order valence-electron chi connectivity index (χ4n) is 4.01. The van der Waals surface area contributed by atoms with Crippen LogP contribution in [0.3, 0.4) is 0 Å². The topological polar surface area (TPSA) is 55.3 Å². The molecule has 1 aromatic carbocycles. The number of ether oxygens (including phenoxy) is 1. The van der Waals surface area contributed by atoms with Crippen molar-refractivity contribution in [1.29, 1.82) is 0 Å². The summed E-state index contributed by atoms with van der Waals surface area (Å²) in [6.07, 6.45) is 8.15. The van der Waals surface area contributed by atoms with Crippen LogP contribution >= 0.6 is 0 Å². The van der Waals surface area contributed by atoms with Gasteiger partial charge in [-0.05, 0) is 61.1 Å². The normalized spacial score (nSPS) is 16.9. The highest BCUT2D eigenvalue weighted by Crippen LogP contribution is 2.34. The summed E-state index contributed by atoms with van der Waals surface area (Å²) in [6, 6.07) is 15.8. The van der Waals surface area contributed by atoms with Gasteiger partial charge < -0.3 is 9.64 Å². The minimum Gasteiger partial charge on any atom is -0.496 e. The number of aromatic nitrogens is 2. The Morgan fingerprint density at radius 1 is 1.03 bits per heavy atom. The van der Waals surface area contributed by atoms with E-state index in [1.165, 1.54) is 5.56 Å². The molecule has 2 aromatic heterocycles. The molecule has 4 rings (SSSR count). The number of methoxy groups -OCH3 is 1. The Kier molecular flexibility index (Phi) is 5.84. The molecular formula is C24H25N3O2. The fraction of sp³-hybridized carbons (Fsp3) is 0.292. The maximum absolute atomic E-state index is 13.0. The van der Waals surface area contributed by atoms with Crippen molar-refractivity contribution < 1.29 is 9.53 Å². The molecule has 0 radical (unpaired) electrons. The van der Waals surface area contributed by atoms with Crippen LogP contribution in [0.1, 0.15) is 41.1 Å². The molecule has 5 nitrogen and oxygen atoms in total. The van der Waals surface area contributed by atoms with E-state index in [1.54, 1.807) is 25.7 Å². The van der Waals surface area contributed by atoms with Gasteiger partial charge in [-0.1, -0.05) is 18.2 Å². The Balaban J connectivity index is 1.44. The summed E-state index contributed by atoms with van der Waals surface area (Å²) in [7, 11) is 1.72. The lowest BCUT2D eigenvalue weighted by atomic mass is 9.91. The van der Waals surface area contributed by atoms with E-state index in [1.807, 2.05) is 41.3 Å². The number of carbonyl (C=O) groups is 1. The van der Waals surface area contributed by atoms with Gasteiger partial charge in [0.2, 0.25) is 0 Å². The summed E-state index contributed by atoms with van der Waals surface area (Å²) >= 11 is 0. The summed E-state index contributed by atoms with van der Waals surface area (Å²) in [4.78, 5) is 23.5. The van der Waals surface area contributed by atoms with Gasteiger partial charge >= 0.3 is 0 Å². The molecule has 0 aliphatic carbocycles. The van der Waals surface area contributed by atoms with Crippen molar-refractivity contribution in [2.75, 3.05) is 20.2 Å². The average molecular weight is 387 g/mol. The first-order valence-corrected chi connectivity index (χ1v) is 10.0. The van der Waals surface area contributed by atoms with Crippen molar-refractivity contribution in [2.24, 2.45) is 0 Å². The molecule has 1 fully saturated rings. The van der Waals surface area contributed by atoms with Gasteiger partial charge in [0.15, 0.2) is 0 Å². The van der Waals surface area contributed by atoms with E-state index < -0.39 is 0 Å². The van der Waals surface area contributed by atoms with Crippen molar-refractivity contribution >= 4 is 5.91 Å². The maximum Gasteiger partial charge on any atom is 0.255 e. The minimum atomic E-state index is 0.0551. The van der Waals surface area contributed by atoms with Crippen LogP contribution < -0.4 is 4.74 Å². The summed E-state index contributed by atoms with van der Waals surface area (Å²) < 4.78 is 5.54. The first kappa shape index (κ1) is 19.1. The Morgan fingerprint density at radius 2 is 1.86 bits per heavy atom. The van der Waals surface area contributed by atoms with E-state index in [4.69, 9.17) is 4.74 Å². The van der Waals surface area contributed by atoms with Gasteiger partial charge in [0, 0.05) is 37.2 Å². The van der Waals surface area contributed by atoms with Crippen LogP contribution in [0, 0.1) is 0 Å². The van der Waals surface area contributed by atoms with Crippen LogP contribution in [0.2, 0.25) is 0 Å². The summed E-state index contributed by atoms with van der Waals surface area (Å²) in [6.45, 7) is 1.52. The highest BCUT2D eigenvalue weighted by atomic mass is 16.5. The standard InChI is InChI=1S/C24H25N3O2/c1-29-23-7-3-2-6-21(23)18-5-4-15-27(16-12-18)24(28)20-8-9-22(26-17-20)19-10-13-25-14-11-19/h2-3,6-11,13-14,17-18H,4-5,12,15-16H2,1H3. The van der Waals surface area contributed by atoms with Crippen LogP contribution in [0.25, 0.3) is 11.3 Å². The zero-order valence-electron chi connectivity index (χ0n) is 16.6. The molecule has 5 heteroatoms. The zero-order chi connectivity index (χ0) is 20.1. The number of benzene rings is 1. The van der Waals surface area contributed by atoms with E-state index in [9.17, 15) is 4.79 Å². The average Bonchev–Trinajstić information content (AvgIpc) is 3.05. The molecule has 0 saturated carbocycles. The quantitative estimate of drug-likeness (QED) is 0.658. The number of amides is 1. The molecule has 1 amide bonds. The number of hydrogen-bond donors (Lipinski definition) is 0. The van der Waals surface area contributed by atoms with Crippen LogP contribution in [0.4, 0.5) is 0 Å². The Hall–Kier alpha value is -3.21. The third-order valence-electron chi connectivity index (χ3n) is 5.58. The lowest BCUT2D eigenvalue weighted by Crippen LogP contribution is -2.32. The molecule has 3 aromatic rings. The van der Waals surface area contributed by atoms with Gasteiger partial charge in [-0.2, -0.15) is 0 Å². The number of carbonyl (C=O) groups excluding carboxylic acids is 1. The molecule has 1 atom stereocenters. The van der Waals surface area contributed by atoms with Gasteiger partial charge in [0.05, 0.1) is 18.4 Å². The highest BCUT2D eigenvalue weighted by Gasteiger charge is 2.24. The Labute approximate surface area is 171 Å². The summed E-state index contributed by atoms with van der Waals surface area (Å²) in [5.41, 5.74) is 3.72. The van der Waals surface area contributed by atoms with E-state index in [-0.39, 0.29) is 5.91 Å². The molecule has 0 bridgehead atoms. The fourth-order valence-corrected chi connectivity index (χ4v) is 4.01. The monoisotopic (exact) mass is 387 g/mol. The number of rotatable bonds is 4. The molecule has 148 valence electrons. The van der Waals surface area contributed by atoms with Gasteiger partial charge in [-0.25, -0.2) is 0 Å². The van der Waals surface area contributed by atoms with E-state index in [2.05, 4.69) is 22.1 Å². The second-order valence-electron chi connectivity index (χ2n) is 7.33. The third-order valence-corrected chi connectivity index (χ3v) is 5.58. The maximum atomic E-state index is 13.0. The van der Waals surface area contributed by atoms with Crippen LogP contribution in [-0.4, -0.2) is 41.0 Å². The molecule has 0 spiro atoms. The SMILES string of the molecule is COc1ccccc1C1CCCN(C(=O)c2ccc(-c3ccncc3)nc2)CC1. The number of likely N-dealkylation sites (tertiary alicyclic amines) is 1. The summed E-state index contributed by atoms with van der Waals surface area (Å²) in [5.74, 6) is 1.41. The van der Waals surface area contributed by atoms with Gasteiger partial charge in [0.25, 0.3) is 5.91 Å². The third kappa shape index (κ3) is 4.29. The number of hydrogen-bond acceptors (Lipinski definition) is 4. The number of para-hydroxylation sites is 1. The second-order valence-corrected chi connectivity index (χ2v) is 7.33. The van der Waals surface area contributed by atoms with E-state index in [0.29, 0.717) is 11.5 Å². The number of nitrogens with zero attached hydrogens (tertiary/aromatic N) is 3. The van der Waals surface area contributed by atoms with Gasteiger partial charge in [0.1, 0.15) is 5.75 Å². The summed E-state index contributed by atoms with van der Waals surface area (Å²) in [5, 5.41) is 0. The van der Waals surface area contributed by atoms with E-state index in [0.717, 1.165) is 49.4 Å². The first-order chi connectivity index (χ1) is 14.3.